The van der Waals surface area contributed by atoms with Gasteiger partial charge in [-0.05, 0) is 53.9 Å². The summed E-state index contributed by atoms with van der Waals surface area (Å²) in [6.45, 7) is 1.37. The molecule has 0 bridgehead atoms. The number of hydrogen-bond acceptors (Lipinski definition) is 12. The Morgan fingerprint density at radius 1 is 0.884 bits per heavy atom. The number of amides is 1. The Morgan fingerprint density at radius 2 is 1.51 bits per heavy atom. The third-order valence-corrected chi connectivity index (χ3v) is 6.72. The maximum atomic E-state index is 12.2. The van der Waals surface area contributed by atoms with Gasteiger partial charge in [0.2, 0.25) is 5.91 Å². The number of benzene rings is 4. The minimum Gasteiger partial charge on any atom is -0.505 e. The molecular weight excluding hydrogens is 582 g/mol. The lowest BCUT2D eigenvalue weighted by Gasteiger charge is -2.11. The van der Waals surface area contributed by atoms with Crippen LogP contribution in [-0.2, 0) is 14.9 Å². The van der Waals surface area contributed by atoms with E-state index in [2.05, 4.69) is 25.8 Å². The molecule has 4 aromatic carbocycles. The Kier molecular flexibility index (Phi) is 9.49. The average Bonchev–Trinajstić information content (AvgIpc) is 2.97. The van der Waals surface area contributed by atoms with E-state index in [1.165, 1.54) is 51.5 Å². The van der Waals surface area contributed by atoms with Gasteiger partial charge >= 0.3 is 0 Å². The summed E-state index contributed by atoms with van der Waals surface area (Å²) in [5.74, 6) is 0.0446. The van der Waals surface area contributed by atoms with E-state index in [4.69, 9.17) is 19.3 Å². The number of azo groups is 2. The van der Waals surface area contributed by atoms with Gasteiger partial charge in [0.05, 0.1) is 26.5 Å². The molecule has 4 rings (SSSR count). The SMILES string of the molecule is COc1cc(N=Nc2c(S(=O)(=O)O)cc3cc(NC(C)=O)ccc3c2O)c(OC)cc1N=Nc1ccc(OCCO)cc1. The number of hydrogen-bond donors (Lipinski definition) is 4. The van der Waals surface area contributed by atoms with Gasteiger partial charge in [0, 0.05) is 30.1 Å². The number of ether oxygens (including phenoxy) is 3. The summed E-state index contributed by atoms with van der Waals surface area (Å²) in [6.07, 6.45) is 0. The maximum Gasteiger partial charge on any atom is 0.296 e. The number of fused-ring (bicyclic) bond motifs is 1. The average molecular weight is 610 g/mol. The molecule has 0 aromatic heterocycles. The number of nitrogens with zero attached hydrogens (tertiary/aromatic N) is 4. The lowest BCUT2D eigenvalue weighted by atomic mass is 10.1. The Labute approximate surface area is 246 Å². The number of rotatable bonds is 11. The second kappa shape index (κ2) is 13.2. The number of phenols is 1. The van der Waals surface area contributed by atoms with E-state index in [1.54, 1.807) is 24.3 Å². The van der Waals surface area contributed by atoms with Gasteiger partial charge in [-0.1, -0.05) is 0 Å². The lowest BCUT2D eigenvalue weighted by Crippen LogP contribution is -2.05. The molecule has 0 fully saturated rings. The molecule has 4 aromatic rings. The predicted octanol–water partition coefficient (Wildman–Crippen LogP) is 5.97. The van der Waals surface area contributed by atoms with Crippen LogP contribution in [0.15, 0.2) is 86.0 Å². The van der Waals surface area contributed by atoms with Gasteiger partial charge in [0.25, 0.3) is 10.1 Å². The molecule has 43 heavy (non-hydrogen) atoms. The lowest BCUT2D eigenvalue weighted by molar-refractivity contribution is -0.114. The van der Waals surface area contributed by atoms with Crippen LogP contribution in [-0.4, -0.2) is 56.5 Å². The van der Waals surface area contributed by atoms with Crippen LogP contribution in [0, 0.1) is 0 Å². The van der Waals surface area contributed by atoms with Crippen molar-refractivity contribution in [3.05, 3.63) is 60.7 Å². The number of carbonyl (C=O) groups is 1. The van der Waals surface area contributed by atoms with Crippen LogP contribution in [0.5, 0.6) is 23.0 Å². The molecule has 224 valence electrons. The molecule has 15 heteroatoms. The number of aliphatic hydroxyl groups is 1. The van der Waals surface area contributed by atoms with Crippen molar-refractivity contribution in [3.63, 3.8) is 0 Å². The van der Waals surface area contributed by atoms with E-state index in [0.717, 1.165) is 6.07 Å². The highest BCUT2D eigenvalue weighted by Crippen LogP contribution is 2.44. The van der Waals surface area contributed by atoms with Crippen LogP contribution in [0.1, 0.15) is 6.92 Å². The van der Waals surface area contributed by atoms with Crippen LogP contribution < -0.4 is 19.5 Å². The zero-order valence-corrected chi connectivity index (χ0v) is 24.0. The quantitative estimate of drug-likeness (QED) is 0.117. The monoisotopic (exact) mass is 609 g/mol. The van der Waals surface area contributed by atoms with Crippen molar-refractivity contribution < 1.29 is 42.2 Å². The van der Waals surface area contributed by atoms with E-state index in [-0.39, 0.29) is 52.8 Å². The molecule has 0 spiro atoms. The number of carbonyl (C=O) groups excluding carboxylic acids is 1. The van der Waals surface area contributed by atoms with Crippen molar-refractivity contribution in [2.75, 3.05) is 32.8 Å². The molecule has 0 aliphatic heterocycles. The summed E-state index contributed by atoms with van der Waals surface area (Å²) in [5.41, 5.74) is 0.716. The van der Waals surface area contributed by atoms with Crippen LogP contribution in [0.25, 0.3) is 10.8 Å². The van der Waals surface area contributed by atoms with Crippen LogP contribution >= 0.6 is 0 Å². The standard InChI is InChI=1S/C28H27N5O9S/c1-16(35)29-19-6-9-21-17(12-19)13-26(43(37,38)39)27(28(21)36)33-32-23-15-24(40-2)22(14-25(23)41-3)31-30-18-4-7-20(8-5-18)42-11-10-34/h4-9,12-15,34,36H,10-11H2,1-3H3,(H,29,35)(H,37,38,39). The minimum atomic E-state index is -4.87. The molecule has 0 saturated heterocycles. The molecule has 0 unspecified atom stereocenters. The number of aromatic hydroxyl groups is 1. The van der Waals surface area contributed by atoms with Gasteiger partial charge in [-0.15, -0.1) is 15.3 Å². The highest BCUT2D eigenvalue weighted by atomic mass is 32.2. The van der Waals surface area contributed by atoms with Gasteiger partial charge in [-0.3, -0.25) is 9.35 Å². The molecule has 0 saturated carbocycles. The van der Waals surface area contributed by atoms with Crippen molar-refractivity contribution in [1.82, 2.24) is 0 Å². The molecule has 0 atom stereocenters. The molecule has 0 aliphatic carbocycles. The first kappa shape index (κ1) is 30.8. The van der Waals surface area contributed by atoms with Gasteiger partial charge in [0.1, 0.15) is 45.8 Å². The zero-order valence-electron chi connectivity index (χ0n) is 23.2. The number of anilines is 1. The number of methoxy groups -OCH3 is 2. The molecular formula is C28H27N5O9S. The van der Waals surface area contributed by atoms with Crippen molar-refractivity contribution in [3.8, 4) is 23.0 Å². The molecule has 14 nitrogen and oxygen atoms in total. The van der Waals surface area contributed by atoms with Crippen LogP contribution in [0.2, 0.25) is 0 Å². The van der Waals surface area contributed by atoms with Gasteiger partial charge in [-0.2, -0.15) is 13.5 Å². The van der Waals surface area contributed by atoms with Crippen molar-refractivity contribution in [2.24, 2.45) is 20.5 Å². The summed E-state index contributed by atoms with van der Waals surface area (Å²) in [7, 11) is -2.10. The summed E-state index contributed by atoms with van der Waals surface area (Å²) in [4.78, 5) is 10.7. The Balaban J connectivity index is 1.72. The van der Waals surface area contributed by atoms with E-state index in [9.17, 15) is 22.9 Å². The van der Waals surface area contributed by atoms with Crippen LogP contribution in [0.4, 0.5) is 28.4 Å². The van der Waals surface area contributed by atoms with E-state index >= 15 is 0 Å². The van der Waals surface area contributed by atoms with Gasteiger partial charge in [-0.25, -0.2) is 0 Å². The Hall–Kier alpha value is -5.12. The fourth-order valence-electron chi connectivity index (χ4n) is 3.94. The molecule has 1 amide bonds. The van der Waals surface area contributed by atoms with E-state index < -0.39 is 26.5 Å². The number of phenolic OH excluding ortho intramolecular Hbond substituents is 1. The smallest absolute Gasteiger partial charge is 0.296 e. The minimum absolute atomic E-state index is 0.0884. The summed E-state index contributed by atoms with van der Waals surface area (Å²) >= 11 is 0. The predicted molar refractivity (Wildman–Crippen MR) is 157 cm³/mol. The molecule has 0 aliphatic rings. The fraction of sp³-hybridized carbons (Fsp3) is 0.179. The van der Waals surface area contributed by atoms with E-state index in [1.807, 2.05) is 0 Å². The third-order valence-electron chi connectivity index (χ3n) is 5.86. The first-order chi connectivity index (χ1) is 20.5. The molecule has 0 heterocycles. The Morgan fingerprint density at radius 3 is 2.07 bits per heavy atom. The zero-order chi connectivity index (χ0) is 31.1. The highest BCUT2D eigenvalue weighted by Gasteiger charge is 2.23. The summed E-state index contributed by atoms with van der Waals surface area (Å²) in [5, 5.41) is 39.2. The van der Waals surface area contributed by atoms with Crippen molar-refractivity contribution in [1.29, 1.82) is 0 Å². The van der Waals surface area contributed by atoms with Gasteiger partial charge in [0.15, 0.2) is 5.75 Å². The maximum absolute atomic E-state index is 12.2. The van der Waals surface area contributed by atoms with Crippen molar-refractivity contribution in [2.45, 2.75) is 11.8 Å². The normalized spacial score (nSPS) is 11.7. The van der Waals surface area contributed by atoms with Crippen LogP contribution in [0.3, 0.4) is 0 Å². The molecule has 4 N–H and O–H groups in total. The molecule has 0 radical (unpaired) electrons. The number of nitrogens with one attached hydrogen (secondary N) is 1. The van der Waals surface area contributed by atoms with Crippen molar-refractivity contribution >= 4 is 55.2 Å². The largest absolute Gasteiger partial charge is 0.505 e. The van der Waals surface area contributed by atoms with Gasteiger partial charge < -0.3 is 29.7 Å². The topological polar surface area (TPSA) is 201 Å². The first-order valence-electron chi connectivity index (χ1n) is 12.5. The summed E-state index contributed by atoms with van der Waals surface area (Å²) in [6, 6.07) is 15.1. The van der Waals surface area contributed by atoms with E-state index in [0.29, 0.717) is 17.1 Å². The Bertz CT molecular complexity index is 1830. The highest BCUT2D eigenvalue weighted by molar-refractivity contribution is 7.86. The summed E-state index contributed by atoms with van der Waals surface area (Å²) < 4.78 is 50.5. The first-order valence-corrected chi connectivity index (χ1v) is 14.0. The second-order valence-corrected chi connectivity index (χ2v) is 10.2. The second-order valence-electron chi connectivity index (χ2n) is 8.83. The number of aliphatic hydroxyl groups excluding tert-OH is 1. The third kappa shape index (κ3) is 7.40. The fourth-order valence-corrected chi connectivity index (χ4v) is 4.59.